The molecule has 3 heterocycles. The molecule has 0 bridgehead atoms. The Morgan fingerprint density at radius 1 is 1.15 bits per heavy atom. The van der Waals surface area contributed by atoms with Crippen molar-refractivity contribution in [1.29, 1.82) is 0 Å². The maximum absolute atomic E-state index is 6.02. The number of aromatic amines is 1. The molecule has 26 heavy (non-hydrogen) atoms. The van der Waals surface area contributed by atoms with Crippen LogP contribution in [0.4, 0.5) is 5.69 Å². The highest BCUT2D eigenvalue weighted by atomic mass is 16.5. The van der Waals surface area contributed by atoms with E-state index in [0.29, 0.717) is 5.92 Å². The van der Waals surface area contributed by atoms with Gasteiger partial charge in [-0.05, 0) is 30.5 Å². The first-order chi connectivity index (χ1) is 12.9. The fourth-order valence-corrected chi connectivity index (χ4v) is 3.99. The number of ether oxygens (including phenoxy) is 2. The highest BCUT2D eigenvalue weighted by molar-refractivity contribution is 5.53. The Labute approximate surface area is 154 Å². The molecule has 4 rings (SSSR count). The van der Waals surface area contributed by atoms with Gasteiger partial charge in [-0.15, -0.1) is 0 Å². The van der Waals surface area contributed by atoms with Crippen molar-refractivity contribution in [2.45, 2.75) is 25.5 Å². The summed E-state index contributed by atoms with van der Waals surface area (Å²) in [6.07, 6.45) is 4.23. The molecule has 2 atom stereocenters. The van der Waals surface area contributed by atoms with Gasteiger partial charge in [0.1, 0.15) is 6.10 Å². The first-order valence-corrected chi connectivity index (χ1v) is 9.64. The van der Waals surface area contributed by atoms with Crippen molar-refractivity contribution >= 4 is 5.69 Å². The highest BCUT2D eigenvalue weighted by Crippen LogP contribution is 2.32. The van der Waals surface area contributed by atoms with E-state index in [-0.39, 0.29) is 6.10 Å². The summed E-state index contributed by atoms with van der Waals surface area (Å²) in [5.74, 6) is 0.472. The summed E-state index contributed by atoms with van der Waals surface area (Å²) in [4.78, 5) is 2.43. The van der Waals surface area contributed by atoms with E-state index >= 15 is 0 Å². The van der Waals surface area contributed by atoms with Crippen LogP contribution in [0.2, 0.25) is 0 Å². The molecule has 0 aliphatic carbocycles. The lowest BCUT2D eigenvalue weighted by Gasteiger charge is -2.32. The zero-order chi connectivity index (χ0) is 17.6. The lowest BCUT2D eigenvalue weighted by molar-refractivity contribution is -0.0303. The molecular weight excluding hydrogens is 328 g/mol. The third-order valence-corrected chi connectivity index (χ3v) is 5.34. The summed E-state index contributed by atoms with van der Waals surface area (Å²) >= 11 is 0. The van der Waals surface area contributed by atoms with Crippen LogP contribution < -0.4 is 10.2 Å². The largest absolute Gasteiger partial charge is 0.378 e. The maximum atomic E-state index is 6.02. The number of nitrogens with zero attached hydrogens (tertiary/aromatic N) is 2. The van der Waals surface area contributed by atoms with Crippen LogP contribution in [0.25, 0.3) is 0 Å². The van der Waals surface area contributed by atoms with Crippen molar-refractivity contribution in [3.8, 4) is 0 Å². The number of rotatable bonds is 6. The molecule has 2 N–H and O–H groups in total. The van der Waals surface area contributed by atoms with Gasteiger partial charge in [0, 0.05) is 50.6 Å². The Kier molecular flexibility index (Phi) is 5.84. The summed E-state index contributed by atoms with van der Waals surface area (Å²) < 4.78 is 11.5. The van der Waals surface area contributed by atoms with E-state index in [4.69, 9.17) is 9.47 Å². The van der Waals surface area contributed by atoms with Crippen molar-refractivity contribution < 1.29 is 9.47 Å². The Morgan fingerprint density at radius 2 is 2.04 bits per heavy atom. The number of hydrogen-bond acceptors (Lipinski definition) is 5. The number of H-pyrrole nitrogens is 1. The average molecular weight is 356 g/mol. The van der Waals surface area contributed by atoms with Crippen LogP contribution >= 0.6 is 0 Å². The quantitative estimate of drug-likeness (QED) is 0.833. The topological polar surface area (TPSA) is 62.4 Å². The van der Waals surface area contributed by atoms with Crippen molar-refractivity contribution in [2.75, 3.05) is 44.4 Å². The van der Waals surface area contributed by atoms with Gasteiger partial charge < -0.3 is 19.7 Å². The van der Waals surface area contributed by atoms with Crippen LogP contribution in [-0.2, 0) is 16.0 Å². The van der Waals surface area contributed by atoms with E-state index in [1.54, 1.807) is 6.20 Å². The molecule has 0 unspecified atom stereocenters. The maximum Gasteiger partial charge on any atom is 0.103 e. The van der Waals surface area contributed by atoms with Gasteiger partial charge in [-0.2, -0.15) is 5.10 Å². The fraction of sp³-hybridized carbons (Fsp3) is 0.550. The second-order valence-corrected chi connectivity index (χ2v) is 7.06. The molecular formula is C20H28N4O2. The third kappa shape index (κ3) is 4.09. The van der Waals surface area contributed by atoms with Gasteiger partial charge in [0.2, 0.25) is 0 Å². The molecule has 2 fully saturated rings. The Balaban J connectivity index is 1.37. The van der Waals surface area contributed by atoms with E-state index in [0.717, 1.165) is 58.1 Å². The molecule has 6 heteroatoms. The number of anilines is 1. The Hall–Kier alpha value is -1.89. The fourth-order valence-electron chi connectivity index (χ4n) is 3.99. The molecule has 2 aromatic rings. The van der Waals surface area contributed by atoms with Gasteiger partial charge in [0.15, 0.2) is 0 Å². The van der Waals surface area contributed by atoms with Crippen LogP contribution in [0.15, 0.2) is 36.5 Å². The van der Waals surface area contributed by atoms with Crippen LogP contribution in [0.1, 0.15) is 30.2 Å². The zero-order valence-electron chi connectivity index (χ0n) is 15.2. The molecule has 140 valence electrons. The second kappa shape index (κ2) is 8.66. The predicted octanol–water partition coefficient (Wildman–Crippen LogP) is 2.50. The van der Waals surface area contributed by atoms with Crippen LogP contribution in [-0.4, -0.2) is 49.7 Å². The summed E-state index contributed by atoms with van der Waals surface area (Å²) in [5, 5.41) is 10.8. The minimum atomic E-state index is 0.119. The van der Waals surface area contributed by atoms with E-state index < -0.39 is 0 Å². The molecule has 0 spiro atoms. The number of morpholine rings is 1. The minimum Gasteiger partial charge on any atom is -0.378 e. The molecule has 6 nitrogen and oxygen atoms in total. The van der Waals surface area contributed by atoms with E-state index in [1.807, 2.05) is 6.07 Å². The van der Waals surface area contributed by atoms with Crippen LogP contribution in [0.5, 0.6) is 0 Å². The summed E-state index contributed by atoms with van der Waals surface area (Å²) in [6.45, 7) is 6.21. The minimum absolute atomic E-state index is 0.119. The van der Waals surface area contributed by atoms with Gasteiger partial charge in [0.25, 0.3) is 0 Å². The average Bonchev–Trinajstić information content (AvgIpc) is 3.24. The zero-order valence-corrected chi connectivity index (χ0v) is 15.2. The molecule has 0 amide bonds. The number of hydrogen-bond donors (Lipinski definition) is 2. The van der Waals surface area contributed by atoms with Gasteiger partial charge >= 0.3 is 0 Å². The van der Waals surface area contributed by atoms with Gasteiger partial charge in [-0.3, -0.25) is 5.10 Å². The summed E-state index contributed by atoms with van der Waals surface area (Å²) in [7, 11) is 0. The summed E-state index contributed by atoms with van der Waals surface area (Å²) in [5.41, 5.74) is 3.77. The van der Waals surface area contributed by atoms with Crippen molar-refractivity contribution in [1.82, 2.24) is 15.5 Å². The Bertz CT molecular complexity index is 670. The van der Waals surface area contributed by atoms with Crippen molar-refractivity contribution in [3.63, 3.8) is 0 Å². The number of aromatic nitrogens is 2. The van der Waals surface area contributed by atoms with Gasteiger partial charge in [-0.25, -0.2) is 0 Å². The van der Waals surface area contributed by atoms with E-state index in [2.05, 4.69) is 44.7 Å². The SMILES string of the molecule is c1ccc(N2CCOCC2)c(CNC[C@@H]2CCCO[C@H]2c2ccn[nH]2)c1. The molecule has 0 radical (unpaired) electrons. The normalized spacial score (nSPS) is 23.9. The molecule has 1 aromatic heterocycles. The second-order valence-electron chi connectivity index (χ2n) is 7.06. The molecule has 1 aromatic carbocycles. The first-order valence-electron chi connectivity index (χ1n) is 9.64. The van der Waals surface area contributed by atoms with Gasteiger partial charge in [0.05, 0.1) is 18.9 Å². The number of benzene rings is 1. The molecule has 2 aliphatic heterocycles. The smallest absolute Gasteiger partial charge is 0.103 e. The lowest BCUT2D eigenvalue weighted by atomic mass is 9.92. The third-order valence-electron chi connectivity index (χ3n) is 5.34. The first kappa shape index (κ1) is 17.5. The monoisotopic (exact) mass is 356 g/mol. The van der Waals surface area contributed by atoms with Crippen molar-refractivity contribution in [2.24, 2.45) is 5.92 Å². The highest BCUT2D eigenvalue weighted by Gasteiger charge is 2.28. The Morgan fingerprint density at radius 3 is 2.88 bits per heavy atom. The summed E-state index contributed by atoms with van der Waals surface area (Å²) in [6, 6.07) is 10.7. The van der Waals surface area contributed by atoms with Crippen molar-refractivity contribution in [3.05, 3.63) is 47.8 Å². The molecule has 2 aliphatic rings. The standard InChI is InChI=1S/C20H28N4O2/c1-2-6-19(24-9-12-25-13-10-24)16(4-1)14-21-15-17-5-3-11-26-20(17)18-7-8-22-23-18/h1-2,4,6-8,17,20-21H,3,5,9-15H2,(H,22,23)/t17-,20+/m0/s1. The van der Waals surface area contributed by atoms with Crippen LogP contribution in [0.3, 0.4) is 0 Å². The number of para-hydroxylation sites is 1. The van der Waals surface area contributed by atoms with E-state index in [1.165, 1.54) is 17.7 Å². The number of nitrogens with one attached hydrogen (secondary N) is 2. The van der Waals surface area contributed by atoms with Gasteiger partial charge in [-0.1, -0.05) is 18.2 Å². The molecule has 0 saturated carbocycles. The van der Waals surface area contributed by atoms with E-state index in [9.17, 15) is 0 Å². The van der Waals surface area contributed by atoms with Crippen LogP contribution in [0, 0.1) is 5.92 Å². The predicted molar refractivity (Wildman–Crippen MR) is 101 cm³/mol. The molecule has 2 saturated heterocycles. The lowest BCUT2D eigenvalue weighted by Crippen LogP contribution is -2.37.